The summed E-state index contributed by atoms with van der Waals surface area (Å²) in [6, 6.07) is 17.5. The van der Waals surface area contributed by atoms with Crippen LogP contribution in [0.2, 0.25) is 0 Å². The van der Waals surface area contributed by atoms with Gasteiger partial charge in [-0.2, -0.15) is 0 Å². The van der Waals surface area contributed by atoms with Gasteiger partial charge >= 0.3 is 0 Å². The molecule has 2 atom stereocenters. The molecule has 0 aromatic heterocycles. The SMILES string of the molecule is O=C(Nc1ccc(C(=O)N2CCCC2c2ccccc2)cc1)C1CCCCN1. The molecule has 2 unspecified atom stereocenters. The Bertz CT molecular complexity index is 814. The first-order chi connectivity index (χ1) is 13.7. The van der Waals surface area contributed by atoms with Gasteiger partial charge in [0, 0.05) is 17.8 Å². The maximum absolute atomic E-state index is 13.0. The zero-order chi connectivity index (χ0) is 19.3. The predicted octanol–water partition coefficient (Wildman–Crippen LogP) is 3.74. The van der Waals surface area contributed by atoms with Gasteiger partial charge in [0.05, 0.1) is 12.1 Å². The van der Waals surface area contributed by atoms with Crippen molar-refractivity contribution in [2.24, 2.45) is 0 Å². The molecule has 2 saturated heterocycles. The molecule has 2 amide bonds. The number of likely N-dealkylation sites (tertiary alicyclic amines) is 1. The molecule has 4 rings (SSSR count). The second-order valence-corrected chi connectivity index (χ2v) is 7.64. The van der Waals surface area contributed by atoms with Crippen molar-refractivity contribution in [2.75, 3.05) is 18.4 Å². The highest BCUT2D eigenvalue weighted by Crippen LogP contribution is 2.33. The third-order valence-electron chi connectivity index (χ3n) is 5.72. The third kappa shape index (κ3) is 4.09. The van der Waals surface area contributed by atoms with Crippen LogP contribution in [0.3, 0.4) is 0 Å². The molecule has 5 heteroatoms. The minimum Gasteiger partial charge on any atom is -0.332 e. The third-order valence-corrected chi connectivity index (χ3v) is 5.72. The summed E-state index contributed by atoms with van der Waals surface area (Å²) in [5.41, 5.74) is 2.59. The molecule has 0 spiro atoms. The molecule has 2 aromatic rings. The normalized spacial score (nSPS) is 22.1. The number of carbonyl (C=O) groups is 2. The summed E-state index contributed by atoms with van der Waals surface area (Å²) in [6.45, 7) is 1.67. The Morgan fingerprint density at radius 1 is 0.929 bits per heavy atom. The Hall–Kier alpha value is -2.66. The van der Waals surface area contributed by atoms with Crippen LogP contribution in [-0.4, -0.2) is 35.8 Å². The van der Waals surface area contributed by atoms with Crippen molar-refractivity contribution in [3.63, 3.8) is 0 Å². The van der Waals surface area contributed by atoms with Gasteiger partial charge in [0.2, 0.25) is 5.91 Å². The summed E-state index contributed by atoms with van der Waals surface area (Å²) < 4.78 is 0. The van der Waals surface area contributed by atoms with Crippen molar-refractivity contribution < 1.29 is 9.59 Å². The van der Waals surface area contributed by atoms with Gasteiger partial charge in [-0.15, -0.1) is 0 Å². The maximum atomic E-state index is 13.0. The van der Waals surface area contributed by atoms with E-state index in [1.54, 1.807) is 0 Å². The van der Waals surface area contributed by atoms with Crippen LogP contribution in [0.25, 0.3) is 0 Å². The molecular formula is C23H27N3O2. The van der Waals surface area contributed by atoms with E-state index in [2.05, 4.69) is 22.8 Å². The number of rotatable bonds is 4. The number of hydrogen-bond donors (Lipinski definition) is 2. The first kappa shape index (κ1) is 18.7. The lowest BCUT2D eigenvalue weighted by atomic mass is 10.0. The predicted molar refractivity (Wildman–Crippen MR) is 110 cm³/mol. The molecular weight excluding hydrogens is 350 g/mol. The molecule has 2 N–H and O–H groups in total. The van der Waals surface area contributed by atoms with Crippen molar-refractivity contribution in [3.8, 4) is 0 Å². The first-order valence-corrected chi connectivity index (χ1v) is 10.2. The van der Waals surface area contributed by atoms with Gasteiger partial charge in [0.25, 0.3) is 5.91 Å². The number of nitrogens with one attached hydrogen (secondary N) is 2. The van der Waals surface area contributed by atoms with Gasteiger partial charge in [-0.1, -0.05) is 36.8 Å². The largest absolute Gasteiger partial charge is 0.332 e. The van der Waals surface area contributed by atoms with Gasteiger partial charge in [0.15, 0.2) is 0 Å². The number of benzene rings is 2. The average molecular weight is 377 g/mol. The highest BCUT2D eigenvalue weighted by molar-refractivity contribution is 5.97. The van der Waals surface area contributed by atoms with E-state index in [0.717, 1.165) is 50.9 Å². The van der Waals surface area contributed by atoms with Crippen LogP contribution in [0.5, 0.6) is 0 Å². The monoisotopic (exact) mass is 377 g/mol. The summed E-state index contributed by atoms with van der Waals surface area (Å²) >= 11 is 0. The molecule has 0 saturated carbocycles. The van der Waals surface area contributed by atoms with Gasteiger partial charge in [-0.25, -0.2) is 0 Å². The van der Waals surface area contributed by atoms with E-state index in [1.165, 1.54) is 5.56 Å². The zero-order valence-corrected chi connectivity index (χ0v) is 16.1. The lowest BCUT2D eigenvalue weighted by Gasteiger charge is -2.25. The van der Waals surface area contributed by atoms with Crippen molar-refractivity contribution in [1.82, 2.24) is 10.2 Å². The quantitative estimate of drug-likeness (QED) is 0.853. The van der Waals surface area contributed by atoms with Crippen molar-refractivity contribution in [3.05, 3.63) is 65.7 Å². The lowest BCUT2D eigenvalue weighted by Crippen LogP contribution is -2.43. The second-order valence-electron chi connectivity index (χ2n) is 7.64. The van der Waals surface area contributed by atoms with Crippen LogP contribution in [0, 0.1) is 0 Å². The lowest BCUT2D eigenvalue weighted by molar-refractivity contribution is -0.118. The summed E-state index contributed by atoms with van der Waals surface area (Å²) in [6.07, 6.45) is 5.10. The van der Waals surface area contributed by atoms with Crippen LogP contribution in [-0.2, 0) is 4.79 Å². The van der Waals surface area contributed by atoms with E-state index in [0.29, 0.717) is 5.56 Å². The van der Waals surface area contributed by atoms with Crippen molar-refractivity contribution >= 4 is 17.5 Å². The Morgan fingerprint density at radius 2 is 1.71 bits per heavy atom. The minimum absolute atomic E-state index is 0.00228. The molecule has 0 bridgehead atoms. The van der Waals surface area contributed by atoms with E-state index in [4.69, 9.17) is 0 Å². The Kier molecular flexibility index (Phi) is 5.72. The first-order valence-electron chi connectivity index (χ1n) is 10.2. The van der Waals surface area contributed by atoms with Crippen LogP contribution in [0.4, 0.5) is 5.69 Å². The fourth-order valence-corrected chi connectivity index (χ4v) is 4.20. The molecule has 2 aromatic carbocycles. The Labute approximate surface area is 166 Å². The zero-order valence-electron chi connectivity index (χ0n) is 16.1. The Balaban J connectivity index is 1.41. The number of anilines is 1. The molecule has 0 radical (unpaired) electrons. The fraction of sp³-hybridized carbons (Fsp3) is 0.391. The summed E-state index contributed by atoms with van der Waals surface area (Å²) in [4.78, 5) is 27.4. The molecule has 2 aliphatic rings. The molecule has 2 heterocycles. The number of amides is 2. The number of carbonyl (C=O) groups excluding carboxylic acids is 2. The van der Waals surface area contributed by atoms with Crippen molar-refractivity contribution in [2.45, 2.75) is 44.2 Å². The highest BCUT2D eigenvalue weighted by Gasteiger charge is 2.30. The van der Waals surface area contributed by atoms with E-state index in [1.807, 2.05) is 47.4 Å². The molecule has 0 aliphatic carbocycles. The van der Waals surface area contributed by atoms with Crippen molar-refractivity contribution in [1.29, 1.82) is 0 Å². The fourth-order valence-electron chi connectivity index (χ4n) is 4.20. The van der Waals surface area contributed by atoms with Gasteiger partial charge in [-0.05, 0) is 62.1 Å². The van der Waals surface area contributed by atoms with Gasteiger partial charge < -0.3 is 15.5 Å². The smallest absolute Gasteiger partial charge is 0.254 e. The van der Waals surface area contributed by atoms with E-state index in [9.17, 15) is 9.59 Å². The standard InChI is InChI=1S/C23H27N3O2/c27-22(20-9-4-5-15-24-20)25-19-13-11-18(12-14-19)23(28)26-16-6-10-21(26)17-7-2-1-3-8-17/h1-3,7-8,11-14,20-21,24H,4-6,9-10,15-16H2,(H,25,27). The van der Waals surface area contributed by atoms with Crippen LogP contribution in [0.15, 0.2) is 54.6 Å². The Morgan fingerprint density at radius 3 is 2.43 bits per heavy atom. The van der Waals surface area contributed by atoms with Crippen LogP contribution >= 0.6 is 0 Å². The molecule has 5 nitrogen and oxygen atoms in total. The average Bonchev–Trinajstić information content (AvgIpc) is 3.25. The van der Waals surface area contributed by atoms with E-state index < -0.39 is 0 Å². The van der Waals surface area contributed by atoms with Crippen LogP contribution in [0.1, 0.15) is 54.1 Å². The topological polar surface area (TPSA) is 61.4 Å². The molecule has 146 valence electrons. The molecule has 28 heavy (non-hydrogen) atoms. The van der Waals surface area contributed by atoms with E-state index in [-0.39, 0.29) is 23.9 Å². The van der Waals surface area contributed by atoms with E-state index >= 15 is 0 Å². The maximum Gasteiger partial charge on any atom is 0.254 e. The summed E-state index contributed by atoms with van der Waals surface area (Å²) in [5.74, 6) is 0.0561. The summed E-state index contributed by atoms with van der Waals surface area (Å²) in [5, 5.41) is 6.21. The highest BCUT2D eigenvalue weighted by atomic mass is 16.2. The number of nitrogens with zero attached hydrogens (tertiary/aromatic N) is 1. The number of piperidine rings is 1. The van der Waals surface area contributed by atoms with Crippen LogP contribution < -0.4 is 10.6 Å². The van der Waals surface area contributed by atoms with Gasteiger partial charge in [-0.3, -0.25) is 9.59 Å². The second kappa shape index (κ2) is 8.57. The molecule has 2 aliphatic heterocycles. The minimum atomic E-state index is -0.119. The van der Waals surface area contributed by atoms with Gasteiger partial charge in [0.1, 0.15) is 0 Å². The summed E-state index contributed by atoms with van der Waals surface area (Å²) in [7, 11) is 0. The molecule has 2 fully saturated rings. The number of hydrogen-bond acceptors (Lipinski definition) is 3.